The van der Waals surface area contributed by atoms with E-state index in [4.69, 9.17) is 0 Å². The number of hydrogen-bond acceptors (Lipinski definition) is 4. The second-order valence-corrected chi connectivity index (χ2v) is 12.6. The van der Waals surface area contributed by atoms with E-state index in [1.807, 2.05) is 0 Å². The number of hydrogen-bond donors (Lipinski definition) is 4. The molecule has 0 heterocycles. The Labute approximate surface area is 194 Å². The Morgan fingerprint density at radius 1 is 1.00 bits per heavy atom. The number of carboxylic acid groups (broad SMARTS) is 1. The third-order valence-corrected chi connectivity index (χ3v) is 11.4. The van der Waals surface area contributed by atoms with Gasteiger partial charge in [-0.1, -0.05) is 41.0 Å². The molecule has 0 amide bonds. The van der Waals surface area contributed by atoms with E-state index >= 15 is 0 Å². The zero-order valence-electron chi connectivity index (χ0n) is 20.7. The van der Waals surface area contributed by atoms with Crippen LogP contribution in [0.25, 0.3) is 0 Å². The minimum Gasteiger partial charge on any atom is -0.481 e. The Balaban J connectivity index is 1.66. The van der Waals surface area contributed by atoms with Crippen LogP contribution < -0.4 is 0 Å². The van der Waals surface area contributed by atoms with Gasteiger partial charge in [0, 0.05) is 0 Å². The maximum absolute atomic E-state index is 11.8. The molecule has 4 aliphatic carbocycles. The minimum atomic E-state index is -0.743. The summed E-state index contributed by atoms with van der Waals surface area (Å²) >= 11 is 0. The monoisotopic (exact) mass is 450 g/mol. The topological polar surface area (TPSA) is 98.0 Å². The molecule has 4 aliphatic rings. The van der Waals surface area contributed by atoms with Crippen LogP contribution in [0.3, 0.4) is 0 Å². The molecule has 5 nitrogen and oxygen atoms in total. The van der Waals surface area contributed by atoms with Gasteiger partial charge in [0.25, 0.3) is 0 Å². The summed E-state index contributed by atoms with van der Waals surface area (Å²) in [5.74, 6) is 0.687. The number of rotatable bonds is 5. The van der Waals surface area contributed by atoms with E-state index in [2.05, 4.69) is 27.7 Å². The van der Waals surface area contributed by atoms with E-state index in [9.17, 15) is 25.2 Å². The van der Waals surface area contributed by atoms with Crippen molar-refractivity contribution in [2.24, 2.45) is 58.2 Å². The van der Waals surface area contributed by atoms with E-state index in [0.717, 1.165) is 44.9 Å². The van der Waals surface area contributed by atoms with Gasteiger partial charge < -0.3 is 20.4 Å². The summed E-state index contributed by atoms with van der Waals surface area (Å²) in [6.07, 6.45) is 5.85. The SMILES string of the molecule is CC[C@H]1[C@@H](O)C2C3CCC([C@H](C)C[C@H](C)C(=O)O)[C@@]3(C)[C@@H](O)CC2[C@@]2(C)CC[C@@H](O)C[C@@H]12. The second kappa shape index (κ2) is 8.53. The summed E-state index contributed by atoms with van der Waals surface area (Å²) in [6.45, 7) is 10.8. The van der Waals surface area contributed by atoms with Crippen LogP contribution in [-0.4, -0.2) is 44.7 Å². The van der Waals surface area contributed by atoms with Crippen molar-refractivity contribution in [2.45, 2.75) is 104 Å². The quantitative estimate of drug-likeness (QED) is 0.500. The van der Waals surface area contributed by atoms with Crippen LogP contribution in [0.15, 0.2) is 0 Å². The van der Waals surface area contributed by atoms with Crippen molar-refractivity contribution in [3.8, 4) is 0 Å². The molecular weight excluding hydrogens is 404 g/mol. The molecule has 0 bridgehead atoms. The van der Waals surface area contributed by atoms with Crippen LogP contribution in [0, 0.1) is 58.2 Å². The second-order valence-electron chi connectivity index (χ2n) is 12.6. The number of carbonyl (C=O) groups is 1. The fourth-order valence-electron chi connectivity index (χ4n) is 9.71. The van der Waals surface area contributed by atoms with Crippen LogP contribution in [0.5, 0.6) is 0 Å². The molecule has 184 valence electrons. The summed E-state index contributed by atoms with van der Waals surface area (Å²) in [6, 6.07) is 0. The zero-order chi connectivity index (χ0) is 23.6. The van der Waals surface area contributed by atoms with Gasteiger partial charge >= 0.3 is 5.97 Å². The van der Waals surface area contributed by atoms with E-state index in [1.54, 1.807) is 6.92 Å². The summed E-state index contributed by atoms with van der Waals surface area (Å²) in [5.41, 5.74) is -0.205. The van der Waals surface area contributed by atoms with Crippen LogP contribution in [-0.2, 0) is 4.79 Å². The maximum Gasteiger partial charge on any atom is 0.306 e. The largest absolute Gasteiger partial charge is 0.481 e. The number of aliphatic hydroxyl groups is 3. The summed E-state index contributed by atoms with van der Waals surface area (Å²) in [4.78, 5) is 11.5. The fourth-order valence-corrected chi connectivity index (χ4v) is 9.71. The van der Waals surface area contributed by atoms with Gasteiger partial charge in [-0.3, -0.25) is 4.79 Å². The van der Waals surface area contributed by atoms with Crippen molar-refractivity contribution >= 4 is 5.97 Å². The van der Waals surface area contributed by atoms with E-state index in [-0.39, 0.29) is 64.5 Å². The third kappa shape index (κ3) is 3.48. The average Bonchev–Trinajstić information content (AvgIpc) is 3.09. The van der Waals surface area contributed by atoms with Crippen molar-refractivity contribution in [1.82, 2.24) is 0 Å². The van der Waals surface area contributed by atoms with E-state index in [1.165, 1.54) is 0 Å². The predicted octanol–water partition coefficient (Wildman–Crippen LogP) is 4.33. The molecule has 0 spiro atoms. The van der Waals surface area contributed by atoms with Crippen LogP contribution in [0.1, 0.15) is 86.0 Å². The molecular formula is C27H46O5. The van der Waals surface area contributed by atoms with Crippen LogP contribution >= 0.6 is 0 Å². The van der Waals surface area contributed by atoms with Gasteiger partial charge in [0.1, 0.15) is 0 Å². The van der Waals surface area contributed by atoms with Crippen LogP contribution in [0.4, 0.5) is 0 Å². The van der Waals surface area contributed by atoms with Gasteiger partial charge in [-0.25, -0.2) is 0 Å². The number of carboxylic acids is 1. The highest BCUT2D eigenvalue weighted by Gasteiger charge is 2.67. The molecule has 4 N–H and O–H groups in total. The van der Waals surface area contributed by atoms with E-state index < -0.39 is 12.1 Å². The van der Waals surface area contributed by atoms with Gasteiger partial charge in [-0.15, -0.1) is 0 Å². The highest BCUT2D eigenvalue weighted by molar-refractivity contribution is 5.69. The molecule has 0 aliphatic heterocycles. The van der Waals surface area contributed by atoms with Crippen LogP contribution in [0.2, 0.25) is 0 Å². The molecule has 4 rings (SSSR count). The van der Waals surface area contributed by atoms with Gasteiger partial charge in [0.15, 0.2) is 0 Å². The van der Waals surface area contributed by atoms with Crippen molar-refractivity contribution in [3.05, 3.63) is 0 Å². The molecule has 4 saturated carbocycles. The number of fused-ring (bicyclic) bond motifs is 5. The summed E-state index contributed by atoms with van der Waals surface area (Å²) in [7, 11) is 0. The molecule has 0 aromatic rings. The molecule has 32 heavy (non-hydrogen) atoms. The fraction of sp³-hybridized carbons (Fsp3) is 0.963. The van der Waals surface area contributed by atoms with E-state index in [0.29, 0.717) is 12.3 Å². The zero-order valence-corrected chi connectivity index (χ0v) is 20.7. The standard InChI is InChI=1S/C27H46O5/c1-6-17-20-12-16(28)9-10-26(20,4)21-13-22(29)27(5)18(14(2)11-15(3)25(31)32)7-8-19(27)23(21)24(17)30/h14-24,28-30H,6-13H2,1-5H3,(H,31,32)/t14-,15+,16-,17-,18?,19?,20+,21?,22+,23?,24-,26+,27-/m1/s1. The molecule has 0 aromatic heterocycles. The lowest BCUT2D eigenvalue weighted by Crippen LogP contribution is -2.65. The molecule has 5 heteroatoms. The van der Waals surface area contributed by atoms with Gasteiger partial charge in [0.2, 0.25) is 0 Å². The van der Waals surface area contributed by atoms with Gasteiger partial charge in [-0.2, -0.15) is 0 Å². The third-order valence-electron chi connectivity index (χ3n) is 11.4. The van der Waals surface area contributed by atoms with Crippen molar-refractivity contribution in [3.63, 3.8) is 0 Å². The smallest absolute Gasteiger partial charge is 0.306 e. The average molecular weight is 451 g/mol. The summed E-state index contributed by atoms with van der Waals surface area (Å²) < 4.78 is 0. The Hall–Kier alpha value is -0.650. The first-order valence-electron chi connectivity index (χ1n) is 13.2. The summed E-state index contributed by atoms with van der Waals surface area (Å²) in [5, 5.41) is 43.3. The predicted molar refractivity (Wildman–Crippen MR) is 124 cm³/mol. The van der Waals surface area contributed by atoms with Crippen molar-refractivity contribution < 1.29 is 25.2 Å². The molecule has 4 unspecified atom stereocenters. The molecule has 13 atom stereocenters. The highest BCUT2D eigenvalue weighted by atomic mass is 16.4. The Bertz CT molecular complexity index is 710. The first-order valence-corrected chi connectivity index (χ1v) is 13.2. The van der Waals surface area contributed by atoms with Gasteiger partial charge in [0.05, 0.1) is 24.2 Å². The molecule has 0 radical (unpaired) electrons. The van der Waals surface area contributed by atoms with Crippen molar-refractivity contribution in [2.75, 3.05) is 0 Å². The lowest BCUT2D eigenvalue weighted by Gasteiger charge is -2.65. The Kier molecular flexibility index (Phi) is 6.53. The first kappa shape index (κ1) is 24.5. The Morgan fingerprint density at radius 2 is 1.69 bits per heavy atom. The first-order chi connectivity index (χ1) is 15.0. The normalized spacial score (nSPS) is 52.4. The highest BCUT2D eigenvalue weighted by Crippen LogP contribution is 2.69. The molecule has 0 saturated heterocycles. The maximum atomic E-state index is 11.8. The lowest BCUT2D eigenvalue weighted by molar-refractivity contribution is -0.228. The van der Waals surface area contributed by atoms with Gasteiger partial charge in [-0.05, 0) is 97.2 Å². The van der Waals surface area contributed by atoms with Crippen molar-refractivity contribution in [1.29, 1.82) is 0 Å². The lowest BCUT2D eigenvalue weighted by atomic mass is 9.41. The number of aliphatic carboxylic acids is 1. The number of aliphatic hydroxyl groups excluding tert-OH is 3. The minimum absolute atomic E-state index is 0.0631. The molecule has 4 fully saturated rings. The Morgan fingerprint density at radius 3 is 2.31 bits per heavy atom. The molecule has 0 aromatic carbocycles.